The number of aryl methyl sites for hydroxylation is 2. The first kappa shape index (κ1) is 25.2. The van der Waals surface area contributed by atoms with Gasteiger partial charge in [-0.1, -0.05) is 40.2 Å². The number of benzene rings is 2. The highest BCUT2D eigenvalue weighted by Gasteiger charge is 2.41. The molecule has 1 aliphatic rings. The first-order valence-electron chi connectivity index (χ1n) is 12.2. The van der Waals surface area contributed by atoms with Crippen molar-refractivity contribution >= 4 is 44.9 Å². The van der Waals surface area contributed by atoms with Gasteiger partial charge in [-0.05, 0) is 85.7 Å². The number of amides is 1. The van der Waals surface area contributed by atoms with Gasteiger partial charge in [0.2, 0.25) is 5.91 Å². The van der Waals surface area contributed by atoms with E-state index in [0.29, 0.717) is 18.1 Å². The molecule has 8 heteroatoms. The SMILES string of the molecule is Cc1ccc(C)c(NC(=O)CCN2C(=S)N[C@@H](c3ccccn3)[C@@H]2c2cccn2-c2cccc(Br)c2)c1. The molecule has 0 saturated carbocycles. The van der Waals surface area contributed by atoms with E-state index in [9.17, 15) is 4.79 Å². The van der Waals surface area contributed by atoms with Crippen LogP contribution in [0, 0.1) is 13.8 Å². The predicted octanol–water partition coefficient (Wildman–Crippen LogP) is 6.25. The van der Waals surface area contributed by atoms with Crippen LogP contribution >= 0.6 is 28.1 Å². The van der Waals surface area contributed by atoms with Crippen LogP contribution in [0.5, 0.6) is 0 Å². The number of carbonyl (C=O) groups excluding carboxylic acids is 1. The molecular formula is C29H28BrN5OS. The summed E-state index contributed by atoms with van der Waals surface area (Å²) >= 11 is 9.40. The Morgan fingerprint density at radius 2 is 1.95 bits per heavy atom. The van der Waals surface area contributed by atoms with Gasteiger partial charge in [-0.25, -0.2) is 0 Å². The number of rotatable bonds is 7. The molecule has 3 heterocycles. The van der Waals surface area contributed by atoms with Crippen molar-refractivity contribution in [3.05, 3.63) is 112 Å². The lowest BCUT2D eigenvalue weighted by atomic mass is 10.0. The topological polar surface area (TPSA) is 62.2 Å². The largest absolute Gasteiger partial charge is 0.352 e. The maximum Gasteiger partial charge on any atom is 0.226 e. The Labute approximate surface area is 230 Å². The molecule has 1 fully saturated rings. The van der Waals surface area contributed by atoms with Gasteiger partial charge < -0.3 is 20.1 Å². The molecule has 1 aliphatic heterocycles. The third kappa shape index (κ3) is 5.45. The number of anilines is 1. The molecule has 188 valence electrons. The van der Waals surface area contributed by atoms with Gasteiger partial charge in [0.1, 0.15) is 0 Å². The minimum absolute atomic E-state index is 0.0427. The summed E-state index contributed by atoms with van der Waals surface area (Å²) in [5, 5.41) is 7.17. The Morgan fingerprint density at radius 3 is 2.73 bits per heavy atom. The molecule has 1 saturated heterocycles. The summed E-state index contributed by atoms with van der Waals surface area (Å²) in [6, 6.07) is 24.0. The number of thiocarbonyl (C=S) groups is 1. The number of nitrogens with zero attached hydrogens (tertiary/aromatic N) is 3. The van der Waals surface area contributed by atoms with E-state index in [1.54, 1.807) is 6.20 Å². The van der Waals surface area contributed by atoms with Crippen LogP contribution in [-0.4, -0.2) is 32.0 Å². The van der Waals surface area contributed by atoms with Crippen molar-refractivity contribution in [1.82, 2.24) is 19.8 Å². The third-order valence-corrected chi connectivity index (χ3v) is 7.46. The maximum atomic E-state index is 13.0. The summed E-state index contributed by atoms with van der Waals surface area (Å²) < 4.78 is 3.18. The quantitative estimate of drug-likeness (QED) is 0.256. The molecule has 2 N–H and O–H groups in total. The lowest BCUT2D eigenvalue weighted by Gasteiger charge is -2.29. The second-order valence-corrected chi connectivity index (χ2v) is 10.5. The Morgan fingerprint density at radius 1 is 1.08 bits per heavy atom. The minimum atomic E-state index is -0.156. The van der Waals surface area contributed by atoms with E-state index < -0.39 is 0 Å². The number of carbonyl (C=O) groups is 1. The van der Waals surface area contributed by atoms with E-state index in [1.807, 2.05) is 68.4 Å². The highest BCUT2D eigenvalue weighted by Crippen LogP contribution is 2.39. The number of halogens is 1. The Kier molecular flexibility index (Phi) is 7.39. The predicted molar refractivity (Wildman–Crippen MR) is 155 cm³/mol. The molecule has 37 heavy (non-hydrogen) atoms. The van der Waals surface area contributed by atoms with Crippen LogP contribution in [0.25, 0.3) is 5.69 Å². The van der Waals surface area contributed by atoms with Crippen LogP contribution in [-0.2, 0) is 4.79 Å². The van der Waals surface area contributed by atoms with Crippen LogP contribution in [0.3, 0.4) is 0 Å². The van der Waals surface area contributed by atoms with Gasteiger partial charge in [-0.2, -0.15) is 0 Å². The van der Waals surface area contributed by atoms with Crippen LogP contribution in [0.15, 0.2) is 89.7 Å². The van der Waals surface area contributed by atoms with Crippen molar-refractivity contribution in [2.45, 2.75) is 32.4 Å². The smallest absolute Gasteiger partial charge is 0.226 e. The van der Waals surface area contributed by atoms with Crippen LogP contribution in [0.1, 0.15) is 41.0 Å². The first-order chi connectivity index (χ1) is 17.9. The zero-order chi connectivity index (χ0) is 25.9. The number of hydrogen-bond acceptors (Lipinski definition) is 3. The lowest BCUT2D eigenvalue weighted by molar-refractivity contribution is -0.116. The Balaban J connectivity index is 1.44. The minimum Gasteiger partial charge on any atom is -0.352 e. The number of nitrogens with one attached hydrogen (secondary N) is 2. The Bertz CT molecular complexity index is 1440. The maximum absolute atomic E-state index is 13.0. The van der Waals surface area contributed by atoms with Crippen molar-refractivity contribution in [3.63, 3.8) is 0 Å². The molecule has 5 rings (SSSR count). The van der Waals surface area contributed by atoms with Crippen molar-refractivity contribution in [1.29, 1.82) is 0 Å². The van der Waals surface area contributed by atoms with Gasteiger partial charge in [0.15, 0.2) is 5.11 Å². The lowest BCUT2D eigenvalue weighted by Crippen LogP contribution is -2.33. The van der Waals surface area contributed by atoms with E-state index in [-0.39, 0.29) is 18.0 Å². The molecular weight excluding hydrogens is 546 g/mol. The number of aromatic nitrogens is 2. The second kappa shape index (κ2) is 10.9. The van der Waals surface area contributed by atoms with E-state index in [4.69, 9.17) is 12.2 Å². The summed E-state index contributed by atoms with van der Waals surface area (Å²) in [7, 11) is 0. The molecule has 0 unspecified atom stereocenters. The monoisotopic (exact) mass is 573 g/mol. The molecule has 2 atom stereocenters. The summed E-state index contributed by atoms with van der Waals surface area (Å²) in [6.45, 7) is 4.49. The highest BCUT2D eigenvalue weighted by atomic mass is 79.9. The van der Waals surface area contributed by atoms with E-state index in [2.05, 4.69) is 65.4 Å². The molecule has 2 aromatic carbocycles. The van der Waals surface area contributed by atoms with Gasteiger partial charge in [0.25, 0.3) is 0 Å². The molecule has 0 radical (unpaired) electrons. The fourth-order valence-electron chi connectivity index (χ4n) is 4.77. The zero-order valence-corrected chi connectivity index (χ0v) is 23.1. The standard InChI is InChI=1S/C29H28BrN5OS/c1-19-11-12-20(2)24(17-19)32-26(36)13-16-35-28(27(33-29(35)37)23-9-3-4-14-31-23)25-10-6-15-34(25)22-8-5-7-21(30)18-22/h3-12,14-15,17-18,27-28H,13,16H2,1-2H3,(H,32,36)(H,33,37)/t27-,28-/m0/s1. The number of hydrogen-bond donors (Lipinski definition) is 2. The van der Waals surface area contributed by atoms with Crippen molar-refractivity contribution < 1.29 is 4.79 Å². The second-order valence-electron chi connectivity index (χ2n) is 9.22. The Hall–Kier alpha value is -3.49. The van der Waals surface area contributed by atoms with Crippen molar-refractivity contribution in [2.75, 3.05) is 11.9 Å². The van der Waals surface area contributed by atoms with Crippen LogP contribution in [0.2, 0.25) is 0 Å². The zero-order valence-electron chi connectivity index (χ0n) is 20.7. The third-order valence-electron chi connectivity index (χ3n) is 6.61. The first-order valence-corrected chi connectivity index (χ1v) is 13.4. The van der Waals surface area contributed by atoms with Gasteiger partial charge in [0.05, 0.1) is 17.8 Å². The average molecular weight is 575 g/mol. The van der Waals surface area contributed by atoms with Gasteiger partial charge in [0, 0.05) is 46.9 Å². The fourth-order valence-corrected chi connectivity index (χ4v) is 5.49. The highest BCUT2D eigenvalue weighted by molar-refractivity contribution is 9.10. The molecule has 4 aromatic rings. The normalized spacial score (nSPS) is 17.1. The van der Waals surface area contributed by atoms with Crippen molar-refractivity contribution in [3.8, 4) is 5.69 Å². The van der Waals surface area contributed by atoms with Crippen LogP contribution in [0.4, 0.5) is 5.69 Å². The van der Waals surface area contributed by atoms with Gasteiger partial charge >= 0.3 is 0 Å². The summed E-state index contributed by atoms with van der Waals surface area (Å²) in [5.74, 6) is -0.0427. The number of pyridine rings is 1. The van der Waals surface area contributed by atoms with Crippen molar-refractivity contribution in [2.24, 2.45) is 0 Å². The van der Waals surface area contributed by atoms with E-state index in [1.165, 1.54) is 0 Å². The average Bonchev–Trinajstić information content (AvgIpc) is 3.49. The van der Waals surface area contributed by atoms with Gasteiger partial charge in [-0.3, -0.25) is 9.78 Å². The molecule has 2 aromatic heterocycles. The molecule has 1 amide bonds. The van der Waals surface area contributed by atoms with Crippen LogP contribution < -0.4 is 10.6 Å². The summed E-state index contributed by atoms with van der Waals surface area (Å²) in [5.41, 5.74) is 6.00. The summed E-state index contributed by atoms with van der Waals surface area (Å²) in [6.07, 6.45) is 4.16. The summed E-state index contributed by atoms with van der Waals surface area (Å²) in [4.78, 5) is 19.7. The molecule has 6 nitrogen and oxygen atoms in total. The van der Waals surface area contributed by atoms with Gasteiger partial charge in [-0.15, -0.1) is 0 Å². The fraction of sp³-hybridized carbons (Fsp3) is 0.207. The van der Waals surface area contributed by atoms with E-state index in [0.717, 1.165) is 38.4 Å². The van der Waals surface area contributed by atoms with E-state index >= 15 is 0 Å². The molecule has 0 bridgehead atoms. The molecule has 0 aliphatic carbocycles. The molecule has 0 spiro atoms.